The molecule has 0 amide bonds. The van der Waals surface area contributed by atoms with Crippen molar-refractivity contribution in [3.05, 3.63) is 62.8 Å². The molecule has 20 heavy (non-hydrogen) atoms. The molecular formula is C13H11BrClF2N3. The van der Waals surface area contributed by atoms with E-state index in [-0.39, 0.29) is 16.5 Å². The van der Waals surface area contributed by atoms with E-state index in [1.54, 1.807) is 12.3 Å². The number of hydrogen-bond donors (Lipinski definition) is 2. The smallest absolute Gasteiger partial charge is 0.143 e. The molecule has 3 nitrogen and oxygen atoms in total. The molecule has 0 aliphatic heterocycles. The predicted octanol–water partition coefficient (Wildman–Crippen LogP) is 3.52. The maximum absolute atomic E-state index is 14.0. The molecule has 1 heterocycles. The standard InChI is InChI=1S/C13H11BrClF2N3/c14-9-1-2-11(16)8(13(9)17)5-12(20-18)7-3-4-19-6-10(7)15/h1-4,6,12,20H,5,18H2. The van der Waals surface area contributed by atoms with E-state index < -0.39 is 17.7 Å². The third-order valence-electron chi connectivity index (χ3n) is 2.93. The third kappa shape index (κ3) is 3.15. The van der Waals surface area contributed by atoms with Gasteiger partial charge in [-0.15, -0.1) is 0 Å². The molecule has 0 aliphatic rings. The van der Waals surface area contributed by atoms with E-state index >= 15 is 0 Å². The van der Waals surface area contributed by atoms with Crippen LogP contribution in [-0.2, 0) is 6.42 Å². The van der Waals surface area contributed by atoms with Gasteiger partial charge in [-0.2, -0.15) is 0 Å². The fourth-order valence-electron chi connectivity index (χ4n) is 1.89. The Balaban J connectivity index is 2.37. The molecule has 2 aromatic rings. The lowest BCUT2D eigenvalue weighted by molar-refractivity contribution is 0.497. The molecule has 1 atom stereocenters. The lowest BCUT2D eigenvalue weighted by Crippen LogP contribution is -2.30. The van der Waals surface area contributed by atoms with Crippen LogP contribution in [0.2, 0.25) is 5.02 Å². The summed E-state index contributed by atoms with van der Waals surface area (Å²) < 4.78 is 27.9. The van der Waals surface area contributed by atoms with Gasteiger partial charge in [0.15, 0.2) is 0 Å². The summed E-state index contributed by atoms with van der Waals surface area (Å²) in [6, 6.07) is 3.65. The Bertz CT molecular complexity index is 625. The number of pyridine rings is 1. The van der Waals surface area contributed by atoms with Gasteiger partial charge in [0.1, 0.15) is 11.6 Å². The molecule has 2 rings (SSSR count). The van der Waals surface area contributed by atoms with Gasteiger partial charge < -0.3 is 0 Å². The average Bonchev–Trinajstić information content (AvgIpc) is 2.45. The quantitative estimate of drug-likeness (QED) is 0.497. The molecule has 1 unspecified atom stereocenters. The van der Waals surface area contributed by atoms with Crippen LogP contribution in [0.1, 0.15) is 17.2 Å². The van der Waals surface area contributed by atoms with Crippen LogP contribution in [0.3, 0.4) is 0 Å². The maximum atomic E-state index is 14.0. The Labute approximate surface area is 128 Å². The molecular weight excluding hydrogens is 352 g/mol. The monoisotopic (exact) mass is 361 g/mol. The summed E-state index contributed by atoms with van der Waals surface area (Å²) >= 11 is 9.05. The van der Waals surface area contributed by atoms with E-state index in [4.69, 9.17) is 17.4 Å². The van der Waals surface area contributed by atoms with Crippen molar-refractivity contribution in [2.45, 2.75) is 12.5 Å². The largest absolute Gasteiger partial charge is 0.271 e. The number of nitrogens with two attached hydrogens (primary N) is 1. The van der Waals surface area contributed by atoms with E-state index in [1.165, 1.54) is 18.3 Å². The molecule has 1 aromatic carbocycles. The topological polar surface area (TPSA) is 50.9 Å². The number of nitrogens with zero attached hydrogens (tertiary/aromatic N) is 1. The van der Waals surface area contributed by atoms with Crippen LogP contribution in [0.15, 0.2) is 35.1 Å². The molecule has 0 saturated carbocycles. The zero-order valence-corrected chi connectivity index (χ0v) is 12.5. The Hall–Kier alpha value is -1.08. The summed E-state index contributed by atoms with van der Waals surface area (Å²) in [7, 11) is 0. The zero-order valence-electron chi connectivity index (χ0n) is 10.2. The molecule has 1 aromatic heterocycles. The minimum Gasteiger partial charge on any atom is -0.271 e. The highest BCUT2D eigenvalue weighted by Crippen LogP contribution is 2.28. The van der Waals surface area contributed by atoms with Crippen LogP contribution in [0.5, 0.6) is 0 Å². The lowest BCUT2D eigenvalue weighted by atomic mass is 9.99. The molecule has 7 heteroatoms. The van der Waals surface area contributed by atoms with E-state index in [0.29, 0.717) is 10.6 Å². The number of hydrazine groups is 1. The van der Waals surface area contributed by atoms with E-state index in [2.05, 4.69) is 26.3 Å². The third-order valence-corrected chi connectivity index (χ3v) is 3.86. The summed E-state index contributed by atoms with van der Waals surface area (Å²) in [6.07, 6.45) is 3.02. The number of halogens is 4. The van der Waals surface area contributed by atoms with Crippen molar-refractivity contribution in [3.8, 4) is 0 Å². The first-order valence-corrected chi connectivity index (χ1v) is 6.89. The fraction of sp³-hybridized carbons (Fsp3) is 0.154. The van der Waals surface area contributed by atoms with Crippen molar-refractivity contribution >= 4 is 27.5 Å². The Morgan fingerprint density at radius 3 is 2.75 bits per heavy atom. The minimum atomic E-state index is -0.643. The molecule has 0 radical (unpaired) electrons. The van der Waals surface area contributed by atoms with Crippen molar-refractivity contribution in [3.63, 3.8) is 0 Å². The lowest BCUT2D eigenvalue weighted by Gasteiger charge is -2.18. The van der Waals surface area contributed by atoms with Crippen molar-refractivity contribution in [2.24, 2.45) is 5.84 Å². The van der Waals surface area contributed by atoms with Crippen molar-refractivity contribution < 1.29 is 8.78 Å². The average molecular weight is 363 g/mol. The van der Waals surface area contributed by atoms with Crippen LogP contribution >= 0.6 is 27.5 Å². The maximum Gasteiger partial charge on any atom is 0.143 e. The Kier molecular flexibility index (Phi) is 5.04. The number of nitrogens with one attached hydrogen (secondary N) is 1. The molecule has 0 spiro atoms. The van der Waals surface area contributed by atoms with E-state index in [9.17, 15) is 8.78 Å². The number of hydrogen-bond acceptors (Lipinski definition) is 3. The minimum absolute atomic E-state index is 0.0251. The Morgan fingerprint density at radius 2 is 2.10 bits per heavy atom. The number of benzene rings is 1. The van der Waals surface area contributed by atoms with Crippen LogP contribution in [0.25, 0.3) is 0 Å². The highest BCUT2D eigenvalue weighted by Gasteiger charge is 2.20. The summed E-state index contributed by atoms with van der Waals surface area (Å²) in [4.78, 5) is 3.86. The second-order valence-corrected chi connectivity index (χ2v) is 5.40. The normalized spacial score (nSPS) is 12.4. The van der Waals surface area contributed by atoms with E-state index in [1.807, 2.05) is 0 Å². The van der Waals surface area contributed by atoms with Gasteiger partial charge in [-0.3, -0.25) is 16.3 Å². The zero-order chi connectivity index (χ0) is 14.7. The van der Waals surface area contributed by atoms with Crippen molar-refractivity contribution in [1.82, 2.24) is 10.4 Å². The fourth-order valence-corrected chi connectivity index (χ4v) is 2.51. The van der Waals surface area contributed by atoms with Crippen molar-refractivity contribution in [2.75, 3.05) is 0 Å². The summed E-state index contributed by atoms with van der Waals surface area (Å²) in [6.45, 7) is 0. The number of rotatable bonds is 4. The SMILES string of the molecule is NNC(Cc1c(F)ccc(Br)c1F)c1ccncc1Cl. The molecule has 0 aliphatic carbocycles. The van der Waals surface area contributed by atoms with Gasteiger partial charge in [0.05, 0.1) is 15.5 Å². The first kappa shape index (κ1) is 15.3. The van der Waals surface area contributed by atoms with E-state index in [0.717, 1.165) is 0 Å². The highest BCUT2D eigenvalue weighted by molar-refractivity contribution is 9.10. The van der Waals surface area contributed by atoms with Gasteiger partial charge in [-0.25, -0.2) is 8.78 Å². The van der Waals surface area contributed by atoms with Gasteiger partial charge in [0.25, 0.3) is 0 Å². The van der Waals surface area contributed by atoms with Gasteiger partial charge in [0, 0.05) is 18.0 Å². The summed E-state index contributed by atoms with van der Waals surface area (Å²) in [5.74, 6) is 4.20. The molecule has 0 bridgehead atoms. The van der Waals surface area contributed by atoms with Gasteiger partial charge in [0.2, 0.25) is 0 Å². The Morgan fingerprint density at radius 1 is 1.35 bits per heavy atom. The molecule has 3 N–H and O–H groups in total. The highest BCUT2D eigenvalue weighted by atomic mass is 79.9. The first-order valence-electron chi connectivity index (χ1n) is 5.72. The van der Waals surface area contributed by atoms with Gasteiger partial charge >= 0.3 is 0 Å². The van der Waals surface area contributed by atoms with Crippen molar-refractivity contribution in [1.29, 1.82) is 0 Å². The van der Waals surface area contributed by atoms with Crippen LogP contribution in [0.4, 0.5) is 8.78 Å². The van der Waals surface area contributed by atoms with Crippen LogP contribution in [0, 0.1) is 11.6 Å². The summed E-state index contributed by atoms with van der Waals surface area (Å²) in [5.41, 5.74) is 3.09. The molecule has 0 fully saturated rings. The van der Waals surface area contributed by atoms with Gasteiger partial charge in [-0.05, 0) is 46.1 Å². The van der Waals surface area contributed by atoms with Gasteiger partial charge in [-0.1, -0.05) is 11.6 Å². The summed E-state index contributed by atoms with van der Waals surface area (Å²) in [5, 5.41) is 0.381. The molecule has 106 valence electrons. The second-order valence-electron chi connectivity index (χ2n) is 4.14. The van der Waals surface area contributed by atoms with Crippen LogP contribution in [-0.4, -0.2) is 4.98 Å². The number of aromatic nitrogens is 1. The molecule has 0 saturated heterocycles. The van der Waals surface area contributed by atoms with Crippen LogP contribution < -0.4 is 11.3 Å². The first-order chi connectivity index (χ1) is 9.54. The second kappa shape index (κ2) is 6.58. The predicted molar refractivity (Wildman–Crippen MR) is 77.1 cm³/mol.